The topological polar surface area (TPSA) is 37.3 Å². The fourth-order valence-electron chi connectivity index (χ4n) is 4.65. The number of hydrogen-bond donors (Lipinski definition) is 1. The molecule has 0 fully saturated rings. The number of carbonyl (C=O) groups is 1. The fourth-order valence-corrected chi connectivity index (χ4v) is 4.65. The molecule has 0 saturated heterocycles. The van der Waals surface area contributed by atoms with Crippen molar-refractivity contribution in [3.05, 3.63) is 12.2 Å². The minimum Gasteiger partial charge on any atom is -0.481 e. The summed E-state index contributed by atoms with van der Waals surface area (Å²) < 4.78 is 0. The van der Waals surface area contributed by atoms with Crippen molar-refractivity contribution in [3.8, 4) is 0 Å². The predicted molar refractivity (Wildman–Crippen MR) is 147 cm³/mol. The maximum atomic E-state index is 10.4. The number of carboxylic acid groups (broad SMARTS) is 1. The first-order valence-corrected chi connectivity index (χ1v) is 15.1. The third-order valence-corrected chi connectivity index (χ3v) is 6.90. The van der Waals surface area contributed by atoms with Gasteiger partial charge >= 0.3 is 5.97 Å². The van der Waals surface area contributed by atoms with Crippen molar-refractivity contribution in [1.29, 1.82) is 0 Å². The van der Waals surface area contributed by atoms with Gasteiger partial charge in [0.25, 0.3) is 0 Å². The minimum absolute atomic E-state index is 0.344. The molecule has 0 unspecified atom stereocenters. The van der Waals surface area contributed by atoms with Crippen LogP contribution in [0, 0.1) is 0 Å². The zero-order valence-electron chi connectivity index (χ0n) is 22.6. The third-order valence-electron chi connectivity index (χ3n) is 6.90. The first-order chi connectivity index (χ1) is 16.3. The Kier molecular flexibility index (Phi) is 28.5. The Balaban J connectivity index is 3.06. The van der Waals surface area contributed by atoms with Gasteiger partial charge in [-0.25, -0.2) is 0 Å². The largest absolute Gasteiger partial charge is 0.481 e. The van der Waals surface area contributed by atoms with E-state index in [4.69, 9.17) is 5.11 Å². The highest BCUT2D eigenvalue weighted by atomic mass is 16.4. The SMILES string of the molecule is CCCCCCCCC=CCCCCCCCCCCCCCCCCCCCCC(=O)O. The van der Waals surface area contributed by atoms with Crippen molar-refractivity contribution >= 4 is 5.97 Å². The van der Waals surface area contributed by atoms with Crippen molar-refractivity contribution in [3.63, 3.8) is 0 Å². The van der Waals surface area contributed by atoms with E-state index in [2.05, 4.69) is 19.1 Å². The molecular weight excluding hydrogens is 404 g/mol. The lowest BCUT2D eigenvalue weighted by Crippen LogP contribution is -1.93. The van der Waals surface area contributed by atoms with E-state index < -0.39 is 5.97 Å². The van der Waals surface area contributed by atoms with Crippen LogP contribution in [0.5, 0.6) is 0 Å². The quantitative estimate of drug-likeness (QED) is 0.0923. The maximum Gasteiger partial charge on any atom is 0.303 e. The summed E-state index contributed by atoms with van der Waals surface area (Å²) in [7, 11) is 0. The zero-order chi connectivity index (χ0) is 24.1. The minimum atomic E-state index is -0.650. The fraction of sp³-hybridized carbons (Fsp3) is 0.903. The molecule has 33 heavy (non-hydrogen) atoms. The molecule has 0 spiro atoms. The molecule has 0 heterocycles. The van der Waals surface area contributed by atoms with Gasteiger partial charge in [0.2, 0.25) is 0 Å². The highest BCUT2D eigenvalue weighted by molar-refractivity contribution is 5.66. The van der Waals surface area contributed by atoms with Gasteiger partial charge in [-0.3, -0.25) is 4.79 Å². The Morgan fingerprint density at radius 3 is 1.03 bits per heavy atom. The summed E-state index contributed by atoms with van der Waals surface area (Å²) in [6.07, 6.45) is 40.5. The Labute approximate surface area is 208 Å². The van der Waals surface area contributed by atoms with Crippen LogP contribution in [0.2, 0.25) is 0 Å². The van der Waals surface area contributed by atoms with Crippen LogP contribution in [0.4, 0.5) is 0 Å². The van der Waals surface area contributed by atoms with E-state index in [0.717, 1.165) is 12.8 Å². The second-order valence-electron chi connectivity index (χ2n) is 10.3. The first-order valence-electron chi connectivity index (χ1n) is 15.1. The van der Waals surface area contributed by atoms with Gasteiger partial charge < -0.3 is 5.11 Å². The summed E-state index contributed by atoms with van der Waals surface area (Å²) in [5.74, 6) is -0.650. The predicted octanol–water partition coefficient (Wildman–Crippen LogP) is 11.2. The van der Waals surface area contributed by atoms with Crippen LogP contribution >= 0.6 is 0 Å². The smallest absolute Gasteiger partial charge is 0.303 e. The number of aliphatic carboxylic acids is 1. The van der Waals surface area contributed by atoms with Crippen molar-refractivity contribution in [2.45, 2.75) is 180 Å². The van der Waals surface area contributed by atoms with Crippen LogP contribution in [0.1, 0.15) is 180 Å². The van der Waals surface area contributed by atoms with Crippen molar-refractivity contribution in [2.75, 3.05) is 0 Å². The highest BCUT2D eigenvalue weighted by Crippen LogP contribution is 2.15. The molecule has 0 aliphatic heterocycles. The van der Waals surface area contributed by atoms with Crippen molar-refractivity contribution in [2.24, 2.45) is 0 Å². The monoisotopic (exact) mass is 464 g/mol. The molecule has 2 heteroatoms. The molecule has 0 amide bonds. The van der Waals surface area contributed by atoms with Crippen LogP contribution in [-0.4, -0.2) is 11.1 Å². The van der Waals surface area contributed by atoms with Gasteiger partial charge in [-0.15, -0.1) is 0 Å². The Bertz CT molecular complexity index is 402. The molecule has 0 radical (unpaired) electrons. The molecule has 0 aromatic rings. The van der Waals surface area contributed by atoms with Crippen molar-refractivity contribution in [1.82, 2.24) is 0 Å². The summed E-state index contributed by atoms with van der Waals surface area (Å²) in [5, 5.41) is 8.61. The van der Waals surface area contributed by atoms with E-state index in [1.807, 2.05) is 0 Å². The van der Waals surface area contributed by atoms with E-state index in [1.165, 1.54) is 154 Å². The van der Waals surface area contributed by atoms with Crippen LogP contribution < -0.4 is 0 Å². The van der Waals surface area contributed by atoms with Crippen LogP contribution in [0.3, 0.4) is 0 Å². The molecule has 196 valence electrons. The molecule has 1 N–H and O–H groups in total. The Hall–Kier alpha value is -0.790. The molecule has 0 aliphatic rings. The van der Waals surface area contributed by atoms with E-state index >= 15 is 0 Å². The normalized spacial score (nSPS) is 11.5. The van der Waals surface area contributed by atoms with Gasteiger partial charge in [0.1, 0.15) is 0 Å². The van der Waals surface area contributed by atoms with Gasteiger partial charge in [-0.1, -0.05) is 154 Å². The Morgan fingerprint density at radius 2 is 0.727 bits per heavy atom. The van der Waals surface area contributed by atoms with E-state index in [9.17, 15) is 4.79 Å². The molecule has 0 aromatic heterocycles. The average molecular weight is 465 g/mol. The molecule has 0 rings (SSSR count). The van der Waals surface area contributed by atoms with Crippen molar-refractivity contribution < 1.29 is 9.90 Å². The lowest BCUT2D eigenvalue weighted by molar-refractivity contribution is -0.137. The molecular formula is C31H60O2. The third kappa shape index (κ3) is 31.2. The lowest BCUT2D eigenvalue weighted by Gasteiger charge is -2.04. The summed E-state index contributed by atoms with van der Waals surface area (Å²) in [5.41, 5.74) is 0. The number of rotatable bonds is 28. The van der Waals surface area contributed by atoms with E-state index in [0.29, 0.717) is 6.42 Å². The number of carboxylic acids is 1. The van der Waals surface area contributed by atoms with Crippen LogP contribution in [0.25, 0.3) is 0 Å². The summed E-state index contributed by atoms with van der Waals surface area (Å²) in [6, 6.07) is 0. The zero-order valence-corrected chi connectivity index (χ0v) is 22.6. The highest BCUT2D eigenvalue weighted by Gasteiger charge is 1.97. The standard InChI is InChI=1S/C31H60O2/c1-2-3-4-5-6-7-8-9-10-11-12-13-14-15-16-17-18-19-20-21-22-23-24-25-26-27-28-29-30-31(32)33/h9-10H,2-8,11-30H2,1H3,(H,32,33). The average Bonchev–Trinajstić information content (AvgIpc) is 2.80. The van der Waals surface area contributed by atoms with E-state index in [1.54, 1.807) is 0 Å². The number of unbranched alkanes of at least 4 members (excludes halogenated alkanes) is 24. The van der Waals surface area contributed by atoms with Gasteiger partial charge in [-0.05, 0) is 32.1 Å². The van der Waals surface area contributed by atoms with Crippen LogP contribution in [-0.2, 0) is 4.79 Å². The first kappa shape index (κ1) is 32.2. The Morgan fingerprint density at radius 1 is 0.455 bits per heavy atom. The number of hydrogen-bond acceptors (Lipinski definition) is 1. The maximum absolute atomic E-state index is 10.4. The van der Waals surface area contributed by atoms with E-state index in [-0.39, 0.29) is 0 Å². The summed E-state index contributed by atoms with van der Waals surface area (Å²) in [4.78, 5) is 10.4. The molecule has 2 nitrogen and oxygen atoms in total. The summed E-state index contributed by atoms with van der Waals surface area (Å²) >= 11 is 0. The van der Waals surface area contributed by atoms with Gasteiger partial charge in [0.15, 0.2) is 0 Å². The number of allylic oxidation sites excluding steroid dienone is 2. The molecule has 0 bridgehead atoms. The molecule has 0 atom stereocenters. The lowest BCUT2D eigenvalue weighted by atomic mass is 10.0. The molecule has 0 aliphatic carbocycles. The second-order valence-corrected chi connectivity index (χ2v) is 10.3. The van der Waals surface area contributed by atoms with Gasteiger partial charge in [-0.2, -0.15) is 0 Å². The van der Waals surface area contributed by atoms with Crippen LogP contribution in [0.15, 0.2) is 12.2 Å². The molecule has 0 saturated carbocycles. The summed E-state index contributed by atoms with van der Waals surface area (Å²) in [6.45, 7) is 2.29. The second kappa shape index (κ2) is 29.2. The molecule has 0 aromatic carbocycles. The van der Waals surface area contributed by atoms with Gasteiger partial charge in [0, 0.05) is 6.42 Å². The van der Waals surface area contributed by atoms with Gasteiger partial charge in [0.05, 0.1) is 0 Å².